The van der Waals surface area contributed by atoms with E-state index in [2.05, 4.69) is 10.6 Å². The van der Waals surface area contributed by atoms with Crippen molar-refractivity contribution in [2.75, 3.05) is 6.54 Å². The molecule has 0 aromatic heterocycles. The molecule has 0 aliphatic heterocycles. The fourth-order valence-electron chi connectivity index (χ4n) is 2.47. The topological polar surface area (TPSA) is 131 Å². The lowest BCUT2D eigenvalue weighted by molar-refractivity contribution is -0.142. The minimum Gasteiger partial charge on any atom is -0.480 e. The van der Waals surface area contributed by atoms with Crippen LogP contribution in [0.3, 0.4) is 0 Å². The molecule has 2 amide bonds. The Morgan fingerprint density at radius 1 is 1.23 bits per heavy atom. The summed E-state index contributed by atoms with van der Waals surface area (Å²) in [6.45, 7) is 0.418. The standard InChI is InChI=1S/C18H25N3O5/c19-15(13-8-9-13)16(22)21-14(17(23)24)7-4-10-20-18(25)26-11-12-5-2-1-3-6-12/h1-3,5-6,13-15H,4,7-11,19H2,(H,20,25)(H,21,22)(H,23,24)/t14-,15-/m0/s1. The number of hydrogen-bond acceptors (Lipinski definition) is 5. The van der Waals surface area contributed by atoms with Gasteiger partial charge in [-0.15, -0.1) is 0 Å². The first kappa shape index (κ1) is 19.7. The average Bonchev–Trinajstić information content (AvgIpc) is 3.47. The Kier molecular flexibility index (Phi) is 7.40. The summed E-state index contributed by atoms with van der Waals surface area (Å²) in [4.78, 5) is 34.8. The molecule has 0 bridgehead atoms. The molecule has 1 saturated carbocycles. The molecule has 1 aliphatic rings. The Balaban J connectivity index is 1.63. The summed E-state index contributed by atoms with van der Waals surface area (Å²) >= 11 is 0. The van der Waals surface area contributed by atoms with Gasteiger partial charge in [0.2, 0.25) is 5.91 Å². The van der Waals surface area contributed by atoms with Crippen LogP contribution in [0.15, 0.2) is 30.3 Å². The van der Waals surface area contributed by atoms with E-state index in [1.807, 2.05) is 30.3 Å². The molecule has 2 rings (SSSR count). The molecule has 1 fully saturated rings. The molecule has 0 saturated heterocycles. The number of amides is 2. The number of alkyl carbamates (subject to hydrolysis) is 1. The number of rotatable bonds is 10. The Morgan fingerprint density at radius 3 is 2.54 bits per heavy atom. The first-order valence-electron chi connectivity index (χ1n) is 8.70. The predicted molar refractivity (Wildman–Crippen MR) is 94.1 cm³/mol. The molecule has 8 heteroatoms. The number of nitrogens with two attached hydrogens (primary N) is 1. The summed E-state index contributed by atoms with van der Waals surface area (Å²) in [6.07, 6.45) is 1.82. The van der Waals surface area contributed by atoms with Crippen LogP contribution < -0.4 is 16.4 Å². The summed E-state index contributed by atoms with van der Waals surface area (Å²) in [5.74, 6) is -1.39. The van der Waals surface area contributed by atoms with E-state index in [4.69, 9.17) is 10.5 Å². The van der Waals surface area contributed by atoms with Crippen molar-refractivity contribution >= 4 is 18.0 Å². The van der Waals surface area contributed by atoms with E-state index in [-0.39, 0.29) is 25.5 Å². The maximum atomic E-state index is 11.9. The van der Waals surface area contributed by atoms with Gasteiger partial charge in [0, 0.05) is 6.54 Å². The van der Waals surface area contributed by atoms with Crippen LogP contribution in [0.5, 0.6) is 0 Å². The van der Waals surface area contributed by atoms with Crippen LogP contribution in [0.4, 0.5) is 4.79 Å². The first-order valence-corrected chi connectivity index (χ1v) is 8.70. The number of carbonyl (C=O) groups is 3. The molecule has 8 nitrogen and oxygen atoms in total. The molecule has 1 aromatic rings. The fraction of sp³-hybridized carbons (Fsp3) is 0.500. The normalized spacial score (nSPS) is 15.6. The SMILES string of the molecule is N[C@H](C(=O)N[C@@H](CCCNC(=O)OCc1ccccc1)C(=O)O)C1CC1. The third kappa shape index (κ3) is 6.72. The predicted octanol–water partition coefficient (Wildman–Crippen LogP) is 1.000. The maximum absolute atomic E-state index is 11.9. The van der Waals surface area contributed by atoms with Gasteiger partial charge in [0.1, 0.15) is 12.6 Å². The minimum absolute atomic E-state index is 0.158. The van der Waals surface area contributed by atoms with Gasteiger partial charge in [-0.1, -0.05) is 30.3 Å². The summed E-state index contributed by atoms with van der Waals surface area (Å²) in [5, 5.41) is 14.2. The molecule has 142 valence electrons. The molecule has 5 N–H and O–H groups in total. The monoisotopic (exact) mass is 363 g/mol. The van der Waals surface area contributed by atoms with Gasteiger partial charge in [-0.3, -0.25) is 4.79 Å². The highest BCUT2D eigenvalue weighted by atomic mass is 16.5. The maximum Gasteiger partial charge on any atom is 0.407 e. The van der Waals surface area contributed by atoms with Crippen LogP contribution >= 0.6 is 0 Å². The lowest BCUT2D eigenvalue weighted by Gasteiger charge is -2.17. The van der Waals surface area contributed by atoms with Crippen LogP contribution in [0.2, 0.25) is 0 Å². The van der Waals surface area contributed by atoms with E-state index in [0.29, 0.717) is 6.42 Å². The third-order valence-corrected chi connectivity index (χ3v) is 4.20. The summed E-state index contributed by atoms with van der Waals surface area (Å²) in [5.41, 5.74) is 6.65. The van der Waals surface area contributed by atoms with Gasteiger partial charge in [-0.2, -0.15) is 0 Å². The van der Waals surface area contributed by atoms with Crippen molar-refractivity contribution in [1.29, 1.82) is 0 Å². The molecule has 0 radical (unpaired) electrons. The lowest BCUT2D eigenvalue weighted by atomic mass is 10.1. The van der Waals surface area contributed by atoms with Crippen molar-refractivity contribution in [3.8, 4) is 0 Å². The lowest BCUT2D eigenvalue weighted by Crippen LogP contribution is -2.49. The molecule has 1 aliphatic carbocycles. The molecule has 1 aromatic carbocycles. The first-order chi connectivity index (χ1) is 12.5. The van der Waals surface area contributed by atoms with Crippen LogP contribution in [-0.2, 0) is 20.9 Å². The largest absolute Gasteiger partial charge is 0.480 e. The molecule has 2 atom stereocenters. The van der Waals surface area contributed by atoms with Gasteiger partial charge < -0.3 is 26.2 Å². The number of carbonyl (C=O) groups excluding carboxylic acids is 2. The average molecular weight is 363 g/mol. The second-order valence-electron chi connectivity index (χ2n) is 6.39. The summed E-state index contributed by atoms with van der Waals surface area (Å²) in [6, 6.07) is 7.61. The number of carboxylic acid groups (broad SMARTS) is 1. The van der Waals surface area contributed by atoms with Crippen LogP contribution in [0.25, 0.3) is 0 Å². The quantitative estimate of drug-likeness (QED) is 0.459. The second-order valence-corrected chi connectivity index (χ2v) is 6.39. The van der Waals surface area contributed by atoms with Crippen molar-refractivity contribution in [3.05, 3.63) is 35.9 Å². The highest BCUT2D eigenvalue weighted by Crippen LogP contribution is 2.31. The van der Waals surface area contributed by atoms with E-state index < -0.39 is 30.1 Å². The Morgan fingerprint density at radius 2 is 1.92 bits per heavy atom. The number of carboxylic acids is 1. The number of nitrogens with one attached hydrogen (secondary N) is 2. The van der Waals surface area contributed by atoms with Crippen molar-refractivity contribution in [2.24, 2.45) is 11.7 Å². The molecular formula is C18H25N3O5. The molecular weight excluding hydrogens is 338 g/mol. The Hall–Kier alpha value is -2.61. The van der Waals surface area contributed by atoms with Gasteiger partial charge >= 0.3 is 12.1 Å². The van der Waals surface area contributed by atoms with Gasteiger partial charge in [-0.05, 0) is 37.2 Å². The third-order valence-electron chi connectivity index (χ3n) is 4.20. The summed E-state index contributed by atoms with van der Waals surface area (Å²) < 4.78 is 5.06. The number of aliphatic carboxylic acids is 1. The van der Waals surface area contributed by atoms with Gasteiger partial charge in [-0.25, -0.2) is 9.59 Å². The molecule has 0 heterocycles. The zero-order valence-corrected chi connectivity index (χ0v) is 14.5. The van der Waals surface area contributed by atoms with Crippen molar-refractivity contribution in [3.63, 3.8) is 0 Å². The van der Waals surface area contributed by atoms with Crippen molar-refractivity contribution < 1.29 is 24.2 Å². The smallest absolute Gasteiger partial charge is 0.407 e. The zero-order chi connectivity index (χ0) is 18.9. The van der Waals surface area contributed by atoms with Gasteiger partial charge in [0.15, 0.2) is 0 Å². The van der Waals surface area contributed by atoms with E-state index in [0.717, 1.165) is 18.4 Å². The summed E-state index contributed by atoms with van der Waals surface area (Å²) in [7, 11) is 0. The van der Waals surface area contributed by atoms with E-state index in [1.165, 1.54) is 0 Å². The highest BCUT2D eigenvalue weighted by molar-refractivity contribution is 5.87. The Bertz CT molecular complexity index is 619. The molecule has 26 heavy (non-hydrogen) atoms. The molecule has 0 unspecified atom stereocenters. The van der Waals surface area contributed by atoms with Crippen LogP contribution in [0.1, 0.15) is 31.2 Å². The molecule has 0 spiro atoms. The highest BCUT2D eigenvalue weighted by Gasteiger charge is 2.34. The number of ether oxygens (including phenoxy) is 1. The minimum atomic E-state index is -1.12. The van der Waals surface area contributed by atoms with Crippen LogP contribution in [0, 0.1) is 5.92 Å². The number of benzene rings is 1. The van der Waals surface area contributed by atoms with Crippen LogP contribution in [-0.4, -0.2) is 41.7 Å². The Labute approximate surface area is 152 Å². The van der Waals surface area contributed by atoms with Crippen molar-refractivity contribution in [2.45, 2.75) is 44.4 Å². The zero-order valence-electron chi connectivity index (χ0n) is 14.5. The van der Waals surface area contributed by atoms with Gasteiger partial charge in [0.25, 0.3) is 0 Å². The van der Waals surface area contributed by atoms with Crippen molar-refractivity contribution in [1.82, 2.24) is 10.6 Å². The van der Waals surface area contributed by atoms with Gasteiger partial charge in [0.05, 0.1) is 6.04 Å². The van der Waals surface area contributed by atoms with E-state index >= 15 is 0 Å². The number of hydrogen-bond donors (Lipinski definition) is 4. The van der Waals surface area contributed by atoms with E-state index in [1.54, 1.807) is 0 Å². The fourth-order valence-corrected chi connectivity index (χ4v) is 2.47. The van der Waals surface area contributed by atoms with E-state index in [9.17, 15) is 19.5 Å². The second kappa shape index (κ2) is 9.76.